The standard InChI is InChI=1S/C24H23ClFN3O2/c1-15(23(30)28-19-5-2-17(25)3-6-19)16-9-12-29(13-10-16)24(31)20-8-11-27-22-7-4-18(26)14-21(20)22/h2-8,11,14-16H,9-10,12-13H2,1H3,(H,28,30)/t15-/m1/s1. The lowest BCUT2D eigenvalue weighted by molar-refractivity contribution is -0.121. The minimum Gasteiger partial charge on any atom is -0.339 e. The minimum atomic E-state index is -0.395. The fraction of sp³-hybridized carbons (Fsp3) is 0.292. The van der Waals surface area contributed by atoms with E-state index >= 15 is 0 Å². The SMILES string of the molecule is C[C@@H](C(=O)Nc1ccc(Cl)cc1)C1CCN(C(=O)c2ccnc3ccc(F)cc23)CC1. The van der Waals surface area contributed by atoms with E-state index in [9.17, 15) is 14.0 Å². The molecule has 160 valence electrons. The van der Waals surface area contributed by atoms with Gasteiger partial charge in [-0.3, -0.25) is 14.6 Å². The molecule has 0 unspecified atom stereocenters. The Kier molecular flexibility index (Phi) is 6.18. The number of pyridine rings is 1. The van der Waals surface area contributed by atoms with Gasteiger partial charge in [-0.25, -0.2) is 4.39 Å². The monoisotopic (exact) mass is 439 g/mol. The van der Waals surface area contributed by atoms with Crippen molar-refractivity contribution < 1.29 is 14.0 Å². The Hall–Kier alpha value is -2.99. The van der Waals surface area contributed by atoms with Crippen LogP contribution in [0.5, 0.6) is 0 Å². The molecule has 31 heavy (non-hydrogen) atoms. The molecule has 4 rings (SSSR count). The first kappa shape index (κ1) is 21.2. The number of carbonyl (C=O) groups is 2. The molecular weight excluding hydrogens is 417 g/mol. The molecule has 0 bridgehead atoms. The first-order valence-corrected chi connectivity index (χ1v) is 10.7. The molecule has 2 amide bonds. The van der Waals surface area contributed by atoms with Crippen molar-refractivity contribution in [3.63, 3.8) is 0 Å². The molecular formula is C24H23ClFN3O2. The summed E-state index contributed by atoms with van der Waals surface area (Å²) in [6, 6.07) is 12.9. The molecule has 1 N–H and O–H groups in total. The lowest BCUT2D eigenvalue weighted by Gasteiger charge is -2.34. The van der Waals surface area contributed by atoms with E-state index in [1.165, 1.54) is 12.1 Å². The van der Waals surface area contributed by atoms with Crippen LogP contribution in [-0.4, -0.2) is 34.8 Å². The van der Waals surface area contributed by atoms with Gasteiger partial charge in [0.05, 0.1) is 11.1 Å². The number of aromatic nitrogens is 1. The molecule has 1 saturated heterocycles. The van der Waals surface area contributed by atoms with Gasteiger partial charge >= 0.3 is 0 Å². The summed E-state index contributed by atoms with van der Waals surface area (Å²) in [7, 11) is 0. The van der Waals surface area contributed by atoms with Crippen LogP contribution in [0.2, 0.25) is 5.02 Å². The van der Waals surface area contributed by atoms with Crippen molar-refractivity contribution >= 4 is 40.0 Å². The van der Waals surface area contributed by atoms with Gasteiger partial charge in [0.2, 0.25) is 5.91 Å². The Morgan fingerprint density at radius 1 is 1.13 bits per heavy atom. The highest BCUT2D eigenvalue weighted by Crippen LogP contribution is 2.28. The molecule has 2 heterocycles. The van der Waals surface area contributed by atoms with Gasteiger partial charge in [-0.2, -0.15) is 0 Å². The van der Waals surface area contributed by atoms with E-state index in [1.807, 2.05) is 6.92 Å². The Morgan fingerprint density at radius 2 is 1.84 bits per heavy atom. The Balaban J connectivity index is 1.39. The number of fused-ring (bicyclic) bond motifs is 1. The van der Waals surface area contributed by atoms with Gasteiger partial charge < -0.3 is 10.2 Å². The fourth-order valence-electron chi connectivity index (χ4n) is 4.08. The molecule has 2 aromatic carbocycles. The van der Waals surface area contributed by atoms with Gasteiger partial charge in [0, 0.05) is 41.3 Å². The van der Waals surface area contributed by atoms with Crippen molar-refractivity contribution in [2.45, 2.75) is 19.8 Å². The molecule has 1 atom stereocenters. The van der Waals surface area contributed by atoms with E-state index < -0.39 is 5.82 Å². The lowest BCUT2D eigenvalue weighted by atomic mass is 9.84. The van der Waals surface area contributed by atoms with Crippen LogP contribution in [0.15, 0.2) is 54.7 Å². The molecule has 1 fully saturated rings. The third-order valence-corrected chi connectivity index (χ3v) is 6.25. The predicted molar refractivity (Wildman–Crippen MR) is 120 cm³/mol. The quantitative estimate of drug-likeness (QED) is 0.611. The van der Waals surface area contributed by atoms with Crippen LogP contribution in [-0.2, 0) is 4.79 Å². The average Bonchev–Trinajstić information content (AvgIpc) is 2.79. The normalized spacial score (nSPS) is 15.6. The summed E-state index contributed by atoms with van der Waals surface area (Å²) in [5, 5.41) is 4.07. The zero-order chi connectivity index (χ0) is 22.0. The number of piperidine rings is 1. The molecule has 1 aromatic heterocycles. The second-order valence-electron chi connectivity index (χ2n) is 7.93. The van der Waals surface area contributed by atoms with Gasteiger partial charge in [0.25, 0.3) is 5.91 Å². The first-order chi connectivity index (χ1) is 14.9. The second kappa shape index (κ2) is 9.02. The average molecular weight is 440 g/mol. The number of nitrogens with zero attached hydrogens (tertiary/aromatic N) is 2. The van der Waals surface area contributed by atoms with E-state index in [0.717, 1.165) is 12.8 Å². The molecule has 3 aromatic rings. The van der Waals surface area contributed by atoms with Crippen molar-refractivity contribution in [1.29, 1.82) is 0 Å². The Bertz CT molecular complexity index is 1110. The number of nitrogens with one attached hydrogen (secondary N) is 1. The zero-order valence-corrected chi connectivity index (χ0v) is 17.9. The maximum absolute atomic E-state index is 13.7. The smallest absolute Gasteiger partial charge is 0.254 e. The van der Waals surface area contributed by atoms with Crippen molar-refractivity contribution in [2.75, 3.05) is 18.4 Å². The van der Waals surface area contributed by atoms with Crippen LogP contribution in [0, 0.1) is 17.7 Å². The van der Waals surface area contributed by atoms with Crippen LogP contribution in [0.3, 0.4) is 0 Å². The maximum atomic E-state index is 13.7. The highest BCUT2D eigenvalue weighted by molar-refractivity contribution is 6.30. The van der Waals surface area contributed by atoms with Gasteiger partial charge in [-0.05, 0) is 67.3 Å². The maximum Gasteiger partial charge on any atom is 0.254 e. The van der Waals surface area contributed by atoms with Crippen molar-refractivity contribution in [3.05, 3.63) is 71.1 Å². The number of anilines is 1. The number of halogens is 2. The number of likely N-dealkylation sites (tertiary alicyclic amines) is 1. The van der Waals surface area contributed by atoms with E-state index in [1.54, 1.807) is 47.5 Å². The van der Waals surface area contributed by atoms with Crippen LogP contribution in [0.1, 0.15) is 30.1 Å². The lowest BCUT2D eigenvalue weighted by Crippen LogP contribution is -2.41. The van der Waals surface area contributed by atoms with E-state index in [2.05, 4.69) is 10.3 Å². The van der Waals surface area contributed by atoms with Crippen molar-refractivity contribution in [1.82, 2.24) is 9.88 Å². The topological polar surface area (TPSA) is 62.3 Å². The van der Waals surface area contributed by atoms with Crippen LogP contribution in [0.25, 0.3) is 10.9 Å². The number of hydrogen-bond acceptors (Lipinski definition) is 3. The fourth-order valence-corrected chi connectivity index (χ4v) is 4.21. The van der Waals surface area contributed by atoms with E-state index in [4.69, 9.17) is 11.6 Å². The molecule has 0 spiro atoms. The molecule has 0 radical (unpaired) electrons. The van der Waals surface area contributed by atoms with Crippen molar-refractivity contribution in [2.24, 2.45) is 11.8 Å². The first-order valence-electron chi connectivity index (χ1n) is 10.3. The van der Waals surface area contributed by atoms with Gasteiger partial charge in [-0.15, -0.1) is 0 Å². The third-order valence-electron chi connectivity index (χ3n) is 5.99. The number of benzene rings is 2. The minimum absolute atomic E-state index is 0.0392. The summed E-state index contributed by atoms with van der Waals surface area (Å²) < 4.78 is 13.7. The highest BCUT2D eigenvalue weighted by atomic mass is 35.5. The summed E-state index contributed by atoms with van der Waals surface area (Å²) in [4.78, 5) is 31.7. The summed E-state index contributed by atoms with van der Waals surface area (Å²) in [6.45, 7) is 3.04. The third kappa shape index (κ3) is 4.69. The summed E-state index contributed by atoms with van der Waals surface area (Å²) in [5.74, 6) is -0.557. The Morgan fingerprint density at radius 3 is 2.55 bits per heavy atom. The van der Waals surface area contributed by atoms with Gasteiger partial charge in [0.15, 0.2) is 0 Å². The molecule has 1 aliphatic heterocycles. The summed E-state index contributed by atoms with van der Waals surface area (Å²) in [6.07, 6.45) is 3.04. The van der Waals surface area contributed by atoms with Gasteiger partial charge in [0.1, 0.15) is 5.82 Å². The summed E-state index contributed by atoms with van der Waals surface area (Å²) in [5.41, 5.74) is 1.76. The molecule has 0 saturated carbocycles. The van der Waals surface area contributed by atoms with Crippen molar-refractivity contribution in [3.8, 4) is 0 Å². The van der Waals surface area contributed by atoms with Crippen LogP contribution >= 0.6 is 11.6 Å². The van der Waals surface area contributed by atoms with Crippen LogP contribution < -0.4 is 5.32 Å². The van der Waals surface area contributed by atoms with E-state index in [-0.39, 0.29) is 23.7 Å². The van der Waals surface area contributed by atoms with Crippen LogP contribution in [0.4, 0.5) is 10.1 Å². The molecule has 5 nitrogen and oxygen atoms in total. The molecule has 0 aliphatic carbocycles. The predicted octanol–water partition coefficient (Wildman–Crippen LogP) is 5.15. The zero-order valence-electron chi connectivity index (χ0n) is 17.1. The molecule has 7 heteroatoms. The number of hydrogen-bond donors (Lipinski definition) is 1. The molecule has 1 aliphatic rings. The largest absolute Gasteiger partial charge is 0.339 e. The number of carbonyl (C=O) groups excluding carboxylic acids is 2. The van der Waals surface area contributed by atoms with E-state index in [0.29, 0.717) is 40.3 Å². The number of amides is 2. The Labute approximate surface area is 185 Å². The summed E-state index contributed by atoms with van der Waals surface area (Å²) >= 11 is 5.89. The van der Waals surface area contributed by atoms with Gasteiger partial charge in [-0.1, -0.05) is 18.5 Å². The highest BCUT2D eigenvalue weighted by Gasteiger charge is 2.30. The second-order valence-corrected chi connectivity index (χ2v) is 8.37. The number of rotatable bonds is 4.